The zero-order valence-corrected chi connectivity index (χ0v) is 20.6. The van der Waals surface area contributed by atoms with Crippen LogP contribution in [-0.4, -0.2) is 0 Å². The minimum atomic E-state index is -3.62. The maximum absolute atomic E-state index is 8.00. The molecule has 0 unspecified atom stereocenters. The molecule has 0 spiro atoms. The molecule has 22 heavy (non-hydrogen) atoms. The molecular weight excluding hydrogens is 433 g/mol. The van der Waals surface area contributed by atoms with E-state index in [0.29, 0.717) is 0 Å². The van der Waals surface area contributed by atoms with Crippen LogP contribution >= 0.6 is 0 Å². The molecular formula is C20H46HfN. The topological polar surface area (TPSA) is 26.0 Å². The van der Waals surface area contributed by atoms with Crippen LogP contribution in [0.4, 0.5) is 0 Å². The Morgan fingerprint density at radius 1 is 0.455 bits per heavy atom. The van der Waals surface area contributed by atoms with Crippen molar-refractivity contribution in [2.75, 3.05) is 0 Å². The molecule has 1 nitrogen and oxygen atoms in total. The Bertz CT molecular complexity index is 227. The summed E-state index contributed by atoms with van der Waals surface area (Å²) >= 11 is -3.62. The van der Waals surface area contributed by atoms with Gasteiger partial charge in [-0.1, -0.05) is 0 Å². The maximum atomic E-state index is 8.00. The molecule has 0 aliphatic rings. The van der Waals surface area contributed by atoms with Crippen LogP contribution in [0.25, 0.3) is 0 Å². The van der Waals surface area contributed by atoms with Gasteiger partial charge in [0.1, 0.15) is 0 Å². The van der Waals surface area contributed by atoms with E-state index in [-0.39, 0.29) is 0 Å². The zero-order chi connectivity index (χ0) is 17.4. The summed E-state index contributed by atoms with van der Waals surface area (Å²) in [6.45, 7) is 19.4. The first-order chi connectivity index (χ1) is 10.4. The first-order valence-corrected chi connectivity index (χ1v) is 20.7. The van der Waals surface area contributed by atoms with Crippen LogP contribution in [0, 0.1) is 0 Å². The monoisotopic (exact) mass is 480 g/mol. The summed E-state index contributed by atoms with van der Waals surface area (Å²) in [6.07, 6.45) is 10.5. The summed E-state index contributed by atoms with van der Waals surface area (Å²) in [7, 11) is 0. The van der Waals surface area contributed by atoms with Gasteiger partial charge < -0.3 is 0 Å². The van der Waals surface area contributed by atoms with Crippen LogP contribution in [0.15, 0.2) is 0 Å². The van der Waals surface area contributed by atoms with E-state index in [2.05, 4.69) is 55.4 Å². The van der Waals surface area contributed by atoms with Gasteiger partial charge in [-0.05, 0) is 0 Å². The van der Waals surface area contributed by atoms with Crippen LogP contribution in [0.3, 0.4) is 0 Å². The summed E-state index contributed by atoms with van der Waals surface area (Å²) in [5.74, 6) is 0. The summed E-state index contributed by atoms with van der Waals surface area (Å²) in [4.78, 5) is 0. The number of hydrogen-bond acceptors (Lipinski definition) is 1. The molecule has 135 valence electrons. The summed E-state index contributed by atoms with van der Waals surface area (Å²) in [5.41, 5.74) is 0. The van der Waals surface area contributed by atoms with Crippen LogP contribution in [-0.2, 0) is 18.8 Å². The summed E-state index contributed by atoms with van der Waals surface area (Å²) < 4.78 is 11.4. The fourth-order valence-electron chi connectivity index (χ4n) is 6.93. The molecule has 0 saturated carbocycles. The van der Waals surface area contributed by atoms with Gasteiger partial charge in [-0.15, -0.1) is 0 Å². The molecule has 2 heteroatoms. The van der Waals surface area contributed by atoms with Crippen molar-refractivity contribution >= 4 is 0 Å². The Balaban J connectivity index is 6.61. The fraction of sp³-hybridized carbons (Fsp3) is 1.00. The van der Waals surface area contributed by atoms with Gasteiger partial charge >= 0.3 is 144 Å². The van der Waals surface area contributed by atoms with Crippen molar-refractivity contribution < 1.29 is 18.8 Å². The molecule has 0 fully saturated rings. The van der Waals surface area contributed by atoms with E-state index in [4.69, 9.17) is 3.72 Å². The molecule has 0 aliphatic carbocycles. The van der Waals surface area contributed by atoms with E-state index in [1.54, 1.807) is 0 Å². The molecule has 0 amide bonds. The van der Waals surface area contributed by atoms with E-state index < -0.39 is 18.8 Å². The average molecular weight is 479 g/mol. The van der Waals surface area contributed by atoms with Crippen molar-refractivity contribution in [3.05, 3.63) is 0 Å². The third kappa shape index (κ3) is 3.44. The fourth-order valence-corrected chi connectivity index (χ4v) is 48.4. The molecule has 0 aromatic rings. The Hall–Kier alpha value is 0.830. The second-order valence-corrected chi connectivity index (χ2v) is 31.4. The number of rotatable bonds is 12. The van der Waals surface area contributed by atoms with Crippen molar-refractivity contribution in [2.24, 2.45) is 3.72 Å². The summed E-state index contributed by atoms with van der Waals surface area (Å²) in [6, 6.07) is 0. The Labute approximate surface area is 143 Å². The standard InChI is InChI=1S/4C5H11.Hf.H2N/c4*1-3-5-4-2;;/h4*5H,3-4H2,1-2H3;;1H2/q;;;;+1;-1. The molecule has 0 radical (unpaired) electrons. The predicted octanol–water partition coefficient (Wildman–Crippen LogP) is 7.98. The molecule has 0 bridgehead atoms. The Kier molecular flexibility index (Phi) is 10.3. The van der Waals surface area contributed by atoms with E-state index >= 15 is 0 Å². The number of hydrogen-bond donors (Lipinski definition) is 1. The quantitative estimate of drug-likeness (QED) is 0.282. The molecule has 2 N–H and O–H groups in total. The van der Waals surface area contributed by atoms with E-state index in [1.807, 2.05) is 0 Å². The third-order valence-electron chi connectivity index (χ3n) is 7.71. The number of nitrogens with two attached hydrogens (primary N) is 1. The second kappa shape index (κ2) is 9.97. The third-order valence-corrected chi connectivity index (χ3v) is 46.5. The first-order valence-electron chi connectivity index (χ1n) is 10.4. The SMILES string of the molecule is CC[CH](CC)[Hf]([NH2])([CH](CC)CC)([CH](CC)CC)[CH](CC)CC. The van der Waals surface area contributed by atoms with Gasteiger partial charge in [0.25, 0.3) is 0 Å². The van der Waals surface area contributed by atoms with Crippen molar-refractivity contribution in [1.82, 2.24) is 0 Å². The second-order valence-electron chi connectivity index (χ2n) is 7.72. The van der Waals surface area contributed by atoms with Gasteiger partial charge in [0, 0.05) is 0 Å². The molecule has 0 saturated heterocycles. The van der Waals surface area contributed by atoms with E-state index in [9.17, 15) is 0 Å². The summed E-state index contributed by atoms with van der Waals surface area (Å²) in [5, 5.41) is 0. The van der Waals surface area contributed by atoms with Gasteiger partial charge in [-0.3, -0.25) is 0 Å². The molecule has 0 atom stereocenters. The van der Waals surface area contributed by atoms with E-state index in [1.165, 1.54) is 51.4 Å². The Morgan fingerprint density at radius 3 is 0.682 bits per heavy atom. The van der Waals surface area contributed by atoms with Gasteiger partial charge in [-0.25, -0.2) is 0 Å². The average Bonchev–Trinajstić information content (AvgIpc) is 2.51. The van der Waals surface area contributed by atoms with Crippen molar-refractivity contribution in [3.8, 4) is 0 Å². The zero-order valence-electron chi connectivity index (χ0n) is 17.0. The molecule has 0 aromatic carbocycles. The molecule has 0 heterocycles. The molecule has 0 rings (SSSR count). The van der Waals surface area contributed by atoms with Crippen molar-refractivity contribution in [1.29, 1.82) is 0 Å². The molecule has 0 aromatic heterocycles. The van der Waals surface area contributed by atoms with Crippen LogP contribution in [0.5, 0.6) is 0 Å². The van der Waals surface area contributed by atoms with Gasteiger partial charge in [0.2, 0.25) is 0 Å². The van der Waals surface area contributed by atoms with Crippen LogP contribution < -0.4 is 3.72 Å². The van der Waals surface area contributed by atoms with Gasteiger partial charge in [-0.2, -0.15) is 0 Å². The molecule has 0 aliphatic heterocycles. The normalized spacial score (nSPS) is 15.0. The Morgan fingerprint density at radius 2 is 0.591 bits per heavy atom. The van der Waals surface area contributed by atoms with E-state index in [0.717, 1.165) is 14.7 Å². The minimum absolute atomic E-state index is 0.844. The van der Waals surface area contributed by atoms with Gasteiger partial charge in [0.05, 0.1) is 0 Å². The predicted molar refractivity (Wildman–Crippen MR) is 102 cm³/mol. The van der Waals surface area contributed by atoms with Crippen LogP contribution in [0.2, 0.25) is 14.7 Å². The van der Waals surface area contributed by atoms with Crippen molar-refractivity contribution in [3.63, 3.8) is 0 Å². The van der Waals surface area contributed by atoms with Crippen LogP contribution in [0.1, 0.15) is 107 Å². The van der Waals surface area contributed by atoms with Crippen molar-refractivity contribution in [2.45, 2.75) is 121 Å². The first kappa shape index (κ1) is 22.8. The van der Waals surface area contributed by atoms with Gasteiger partial charge in [0.15, 0.2) is 0 Å².